The molecule has 1 saturated carbocycles. The fourth-order valence-corrected chi connectivity index (χ4v) is 4.02. The third kappa shape index (κ3) is 4.05. The number of aliphatic hydroxyl groups is 1. The van der Waals surface area contributed by atoms with Crippen LogP contribution in [0.3, 0.4) is 0 Å². The summed E-state index contributed by atoms with van der Waals surface area (Å²) in [6, 6.07) is 9.92. The van der Waals surface area contributed by atoms with Crippen LogP contribution in [0, 0.1) is 5.92 Å². The number of rotatable bonds is 3. The number of likely N-dealkylation sites (tertiary alicyclic amines) is 1. The molecule has 3 unspecified atom stereocenters. The molecule has 0 aromatic heterocycles. The van der Waals surface area contributed by atoms with Crippen molar-refractivity contribution in [2.24, 2.45) is 5.92 Å². The summed E-state index contributed by atoms with van der Waals surface area (Å²) in [6.07, 6.45) is 6.81. The Labute approximate surface area is 138 Å². The summed E-state index contributed by atoms with van der Waals surface area (Å²) < 4.78 is 5.53. The number of amides is 1. The number of carbonyl (C=O) groups excluding carboxylic acids is 1. The Hall–Kier alpha value is -1.55. The van der Waals surface area contributed by atoms with Crippen molar-refractivity contribution in [3.63, 3.8) is 0 Å². The minimum absolute atomic E-state index is 0.141. The van der Waals surface area contributed by atoms with E-state index in [0.29, 0.717) is 6.61 Å². The fraction of sp³-hybridized carbons (Fsp3) is 0.632. The van der Waals surface area contributed by atoms with Gasteiger partial charge in [-0.25, -0.2) is 4.79 Å². The van der Waals surface area contributed by atoms with Crippen molar-refractivity contribution in [3.8, 4) is 0 Å². The maximum atomic E-state index is 12.6. The number of hydrogen-bond donors (Lipinski definition) is 1. The molecule has 4 nitrogen and oxygen atoms in total. The maximum absolute atomic E-state index is 12.6. The molecule has 1 amide bonds. The first-order valence-electron chi connectivity index (χ1n) is 8.91. The Kier molecular flexibility index (Phi) is 5.55. The summed E-state index contributed by atoms with van der Waals surface area (Å²) in [5.74, 6) is 0.216. The zero-order chi connectivity index (χ0) is 16.1. The van der Waals surface area contributed by atoms with Crippen LogP contribution in [-0.2, 0) is 11.3 Å². The highest BCUT2D eigenvalue weighted by molar-refractivity contribution is 5.68. The molecular weight excluding hydrogens is 290 g/mol. The Bertz CT molecular complexity index is 505. The first-order valence-corrected chi connectivity index (χ1v) is 8.91. The van der Waals surface area contributed by atoms with Gasteiger partial charge in [0.15, 0.2) is 0 Å². The molecule has 3 atom stereocenters. The van der Waals surface area contributed by atoms with Gasteiger partial charge in [-0.15, -0.1) is 0 Å². The molecule has 2 aliphatic rings. The molecule has 0 bridgehead atoms. The molecule has 126 valence electrons. The normalized spacial score (nSPS) is 28.4. The van der Waals surface area contributed by atoms with Crippen molar-refractivity contribution in [2.45, 2.75) is 63.7 Å². The van der Waals surface area contributed by atoms with E-state index in [4.69, 9.17) is 4.74 Å². The number of ether oxygens (including phenoxy) is 1. The van der Waals surface area contributed by atoms with Crippen LogP contribution >= 0.6 is 0 Å². The van der Waals surface area contributed by atoms with Crippen LogP contribution in [0.5, 0.6) is 0 Å². The number of carbonyl (C=O) groups is 1. The lowest BCUT2D eigenvalue weighted by Crippen LogP contribution is -2.51. The van der Waals surface area contributed by atoms with E-state index in [2.05, 4.69) is 0 Å². The van der Waals surface area contributed by atoms with Gasteiger partial charge >= 0.3 is 6.09 Å². The second-order valence-corrected chi connectivity index (χ2v) is 6.81. The van der Waals surface area contributed by atoms with Gasteiger partial charge in [0.1, 0.15) is 6.61 Å². The SMILES string of the molecule is O=C(OCc1ccccc1)N1CCCCC1C1CCCCC1O. The van der Waals surface area contributed by atoms with Gasteiger partial charge in [0.05, 0.1) is 6.10 Å². The molecule has 1 aromatic carbocycles. The molecular formula is C19H27NO3. The second-order valence-electron chi connectivity index (χ2n) is 6.81. The Morgan fingerprint density at radius 2 is 1.83 bits per heavy atom. The summed E-state index contributed by atoms with van der Waals surface area (Å²) in [5.41, 5.74) is 1.01. The van der Waals surface area contributed by atoms with Gasteiger partial charge in [-0.05, 0) is 37.7 Å². The molecule has 1 saturated heterocycles. The number of hydrogen-bond acceptors (Lipinski definition) is 3. The smallest absolute Gasteiger partial charge is 0.410 e. The second kappa shape index (κ2) is 7.82. The van der Waals surface area contributed by atoms with Gasteiger partial charge < -0.3 is 14.7 Å². The third-order valence-electron chi connectivity index (χ3n) is 5.26. The van der Waals surface area contributed by atoms with Crippen molar-refractivity contribution < 1.29 is 14.6 Å². The Balaban J connectivity index is 1.62. The zero-order valence-electron chi connectivity index (χ0n) is 13.7. The van der Waals surface area contributed by atoms with E-state index in [1.54, 1.807) is 0 Å². The molecule has 0 radical (unpaired) electrons. The molecule has 4 heteroatoms. The van der Waals surface area contributed by atoms with Gasteiger partial charge in [-0.3, -0.25) is 0 Å². The molecule has 0 spiro atoms. The van der Waals surface area contributed by atoms with Gasteiger partial charge in [-0.2, -0.15) is 0 Å². The Morgan fingerprint density at radius 3 is 2.61 bits per heavy atom. The lowest BCUT2D eigenvalue weighted by atomic mass is 9.78. The summed E-state index contributed by atoms with van der Waals surface area (Å²) in [4.78, 5) is 14.4. The minimum Gasteiger partial charge on any atom is -0.445 e. The fourth-order valence-electron chi connectivity index (χ4n) is 4.02. The summed E-state index contributed by atoms with van der Waals surface area (Å²) in [6.45, 7) is 1.07. The van der Waals surface area contributed by atoms with Crippen molar-refractivity contribution in [1.29, 1.82) is 0 Å². The maximum Gasteiger partial charge on any atom is 0.410 e. The van der Waals surface area contributed by atoms with E-state index in [-0.39, 0.29) is 24.2 Å². The van der Waals surface area contributed by atoms with Gasteiger partial charge in [-0.1, -0.05) is 43.2 Å². The molecule has 1 N–H and O–H groups in total. The van der Waals surface area contributed by atoms with E-state index >= 15 is 0 Å². The number of aliphatic hydroxyl groups excluding tert-OH is 1. The van der Waals surface area contributed by atoms with Crippen LogP contribution in [0.4, 0.5) is 4.79 Å². The average molecular weight is 317 g/mol. The first-order chi connectivity index (χ1) is 11.3. The standard InChI is InChI=1S/C19H27NO3/c21-18-12-5-4-10-16(18)17-11-6-7-13-20(17)19(22)23-14-15-8-2-1-3-9-15/h1-3,8-9,16-18,21H,4-7,10-14H2. The number of benzene rings is 1. The third-order valence-corrected chi connectivity index (χ3v) is 5.26. The highest BCUT2D eigenvalue weighted by Gasteiger charge is 2.38. The monoisotopic (exact) mass is 317 g/mol. The van der Waals surface area contributed by atoms with E-state index in [0.717, 1.165) is 57.1 Å². The lowest BCUT2D eigenvalue weighted by molar-refractivity contribution is -0.00796. The molecule has 23 heavy (non-hydrogen) atoms. The van der Waals surface area contributed by atoms with Crippen molar-refractivity contribution in [1.82, 2.24) is 4.90 Å². The average Bonchev–Trinajstić information content (AvgIpc) is 2.61. The lowest BCUT2D eigenvalue weighted by Gasteiger charge is -2.43. The molecule has 2 fully saturated rings. The van der Waals surface area contributed by atoms with Crippen molar-refractivity contribution in [3.05, 3.63) is 35.9 Å². The molecule has 1 aliphatic heterocycles. The molecule has 3 rings (SSSR count). The predicted octanol–water partition coefficient (Wildman–Crippen LogP) is 3.73. The number of piperidine rings is 1. The summed E-state index contributed by atoms with van der Waals surface area (Å²) in [5, 5.41) is 10.3. The molecule has 1 aromatic rings. The quantitative estimate of drug-likeness (QED) is 0.924. The highest BCUT2D eigenvalue weighted by Crippen LogP contribution is 2.34. The van der Waals surface area contributed by atoms with Gasteiger partial charge in [0.25, 0.3) is 0 Å². The van der Waals surface area contributed by atoms with Crippen molar-refractivity contribution >= 4 is 6.09 Å². The zero-order valence-corrected chi connectivity index (χ0v) is 13.7. The van der Waals surface area contributed by atoms with Crippen LogP contribution in [0.15, 0.2) is 30.3 Å². The minimum atomic E-state index is -0.267. The van der Waals surface area contributed by atoms with Crippen LogP contribution in [0.25, 0.3) is 0 Å². The largest absolute Gasteiger partial charge is 0.445 e. The number of nitrogens with zero attached hydrogens (tertiary/aromatic N) is 1. The van der Waals surface area contributed by atoms with E-state index in [9.17, 15) is 9.90 Å². The van der Waals surface area contributed by atoms with Crippen LogP contribution in [0.2, 0.25) is 0 Å². The molecule has 1 aliphatic carbocycles. The van der Waals surface area contributed by atoms with Crippen molar-refractivity contribution in [2.75, 3.05) is 6.54 Å². The highest BCUT2D eigenvalue weighted by atomic mass is 16.6. The first kappa shape index (κ1) is 16.3. The van der Waals surface area contributed by atoms with E-state index in [1.807, 2.05) is 35.2 Å². The molecule has 1 heterocycles. The topological polar surface area (TPSA) is 49.8 Å². The van der Waals surface area contributed by atoms with E-state index < -0.39 is 0 Å². The predicted molar refractivity (Wildman–Crippen MR) is 88.9 cm³/mol. The van der Waals surface area contributed by atoms with E-state index in [1.165, 1.54) is 0 Å². The van der Waals surface area contributed by atoms with Crippen LogP contribution in [0.1, 0.15) is 50.5 Å². The van der Waals surface area contributed by atoms with Crippen LogP contribution < -0.4 is 0 Å². The Morgan fingerprint density at radius 1 is 1.09 bits per heavy atom. The summed E-state index contributed by atoms with van der Waals surface area (Å²) in [7, 11) is 0. The summed E-state index contributed by atoms with van der Waals surface area (Å²) >= 11 is 0. The van der Waals surface area contributed by atoms with Gasteiger partial charge in [0.2, 0.25) is 0 Å². The van der Waals surface area contributed by atoms with Crippen LogP contribution in [-0.4, -0.2) is 34.8 Å². The van der Waals surface area contributed by atoms with Gasteiger partial charge in [0, 0.05) is 18.5 Å².